The Hall–Kier alpha value is -2.30. The summed E-state index contributed by atoms with van der Waals surface area (Å²) >= 11 is 0. The largest absolute Gasteiger partial charge is 0.494 e. The van der Waals surface area contributed by atoms with Crippen molar-refractivity contribution in [2.45, 2.75) is 26.7 Å². The number of anilines is 1. The molecule has 2 N–H and O–H groups in total. The first-order valence-corrected chi connectivity index (χ1v) is 6.81. The molecule has 2 rings (SSSR count). The van der Waals surface area contributed by atoms with Gasteiger partial charge in [0.15, 0.2) is 0 Å². The Balaban J connectivity index is 2.09. The van der Waals surface area contributed by atoms with Gasteiger partial charge in [-0.05, 0) is 31.0 Å². The number of amides is 1. The molecule has 1 aromatic heterocycles. The van der Waals surface area contributed by atoms with Gasteiger partial charge >= 0.3 is 0 Å². The third-order valence-electron chi connectivity index (χ3n) is 2.91. The molecule has 0 radical (unpaired) electrons. The monoisotopic (exact) mass is 273 g/mol. The van der Waals surface area contributed by atoms with Crippen LogP contribution in [0.5, 0.6) is 5.75 Å². The SMILES string of the molecule is CCCOc1cccc(C(=O)Nc2[nH]ncc2CC)c1. The molecule has 0 bridgehead atoms. The second-order valence-corrected chi connectivity index (χ2v) is 4.45. The molecule has 0 unspecified atom stereocenters. The zero-order valence-electron chi connectivity index (χ0n) is 11.8. The molecule has 0 aliphatic carbocycles. The topological polar surface area (TPSA) is 67.0 Å². The fourth-order valence-corrected chi connectivity index (χ4v) is 1.82. The second kappa shape index (κ2) is 6.75. The summed E-state index contributed by atoms with van der Waals surface area (Å²) in [6.45, 7) is 4.70. The van der Waals surface area contributed by atoms with E-state index in [1.165, 1.54) is 0 Å². The minimum Gasteiger partial charge on any atom is -0.494 e. The van der Waals surface area contributed by atoms with Crippen LogP contribution in [0.25, 0.3) is 0 Å². The number of hydrogen-bond acceptors (Lipinski definition) is 3. The molecule has 0 aliphatic heterocycles. The lowest BCUT2D eigenvalue weighted by Crippen LogP contribution is -2.13. The van der Waals surface area contributed by atoms with Gasteiger partial charge in [0.05, 0.1) is 12.8 Å². The fourth-order valence-electron chi connectivity index (χ4n) is 1.82. The third kappa shape index (κ3) is 3.38. The van der Waals surface area contributed by atoms with E-state index in [1.54, 1.807) is 18.3 Å². The molecule has 0 atom stereocenters. The first-order valence-electron chi connectivity index (χ1n) is 6.81. The maximum Gasteiger partial charge on any atom is 0.256 e. The van der Waals surface area contributed by atoms with Crippen LogP contribution < -0.4 is 10.1 Å². The summed E-state index contributed by atoms with van der Waals surface area (Å²) in [5.41, 5.74) is 1.55. The Morgan fingerprint density at radius 2 is 2.25 bits per heavy atom. The number of H-pyrrole nitrogens is 1. The third-order valence-corrected chi connectivity index (χ3v) is 2.91. The maximum atomic E-state index is 12.2. The van der Waals surface area contributed by atoms with Crippen LogP contribution >= 0.6 is 0 Å². The van der Waals surface area contributed by atoms with Gasteiger partial charge in [0.2, 0.25) is 0 Å². The van der Waals surface area contributed by atoms with E-state index in [4.69, 9.17) is 4.74 Å². The van der Waals surface area contributed by atoms with Crippen LogP contribution in [0, 0.1) is 0 Å². The maximum absolute atomic E-state index is 12.2. The van der Waals surface area contributed by atoms with E-state index in [-0.39, 0.29) is 5.91 Å². The van der Waals surface area contributed by atoms with Crippen molar-refractivity contribution in [3.63, 3.8) is 0 Å². The number of aryl methyl sites for hydroxylation is 1. The van der Waals surface area contributed by atoms with Crippen LogP contribution in [0.2, 0.25) is 0 Å². The van der Waals surface area contributed by atoms with Crippen LogP contribution in [-0.4, -0.2) is 22.7 Å². The van der Waals surface area contributed by atoms with Crippen LogP contribution in [0.15, 0.2) is 30.5 Å². The quantitative estimate of drug-likeness (QED) is 0.850. The highest BCUT2D eigenvalue weighted by molar-refractivity contribution is 6.04. The molecule has 1 amide bonds. The van der Waals surface area contributed by atoms with Crippen molar-refractivity contribution in [2.75, 3.05) is 11.9 Å². The van der Waals surface area contributed by atoms with Crippen molar-refractivity contribution in [3.8, 4) is 5.75 Å². The molecule has 5 nitrogen and oxygen atoms in total. The number of ether oxygens (including phenoxy) is 1. The van der Waals surface area contributed by atoms with Gasteiger partial charge < -0.3 is 10.1 Å². The lowest BCUT2D eigenvalue weighted by molar-refractivity contribution is 0.102. The molecule has 106 valence electrons. The number of carbonyl (C=O) groups excluding carboxylic acids is 1. The molecule has 0 spiro atoms. The smallest absolute Gasteiger partial charge is 0.256 e. The Kier molecular flexibility index (Phi) is 4.76. The minimum atomic E-state index is -0.175. The molecule has 0 saturated carbocycles. The fraction of sp³-hybridized carbons (Fsp3) is 0.333. The number of aromatic amines is 1. The Bertz CT molecular complexity index is 578. The standard InChI is InChI=1S/C15H19N3O2/c1-3-8-20-13-7-5-6-12(9-13)15(19)17-14-11(4-2)10-16-18-14/h5-7,9-10H,3-4,8H2,1-2H3,(H2,16,17,18,19). The Labute approximate surface area is 118 Å². The van der Waals surface area contributed by atoms with Crippen molar-refractivity contribution in [3.05, 3.63) is 41.6 Å². The number of rotatable bonds is 6. The summed E-state index contributed by atoms with van der Waals surface area (Å²) in [7, 11) is 0. The number of hydrogen-bond donors (Lipinski definition) is 2. The van der Waals surface area contributed by atoms with Crippen LogP contribution in [0.4, 0.5) is 5.82 Å². The van der Waals surface area contributed by atoms with E-state index in [9.17, 15) is 4.79 Å². The van der Waals surface area contributed by atoms with E-state index in [0.717, 1.165) is 18.4 Å². The first-order chi connectivity index (χ1) is 9.74. The summed E-state index contributed by atoms with van der Waals surface area (Å²) in [6.07, 6.45) is 3.46. The van der Waals surface area contributed by atoms with Crippen molar-refractivity contribution >= 4 is 11.7 Å². The number of nitrogens with one attached hydrogen (secondary N) is 2. The normalized spacial score (nSPS) is 10.3. The molecule has 2 aromatic rings. The molecule has 0 fully saturated rings. The van der Waals surface area contributed by atoms with Gasteiger partial charge in [0.25, 0.3) is 5.91 Å². The minimum absolute atomic E-state index is 0.175. The van der Waals surface area contributed by atoms with E-state index in [0.29, 0.717) is 23.7 Å². The van der Waals surface area contributed by atoms with E-state index < -0.39 is 0 Å². The van der Waals surface area contributed by atoms with Gasteiger partial charge in [-0.15, -0.1) is 0 Å². The van der Waals surface area contributed by atoms with Crippen molar-refractivity contribution in [1.29, 1.82) is 0 Å². The molecule has 5 heteroatoms. The summed E-state index contributed by atoms with van der Waals surface area (Å²) in [6, 6.07) is 7.16. The summed E-state index contributed by atoms with van der Waals surface area (Å²) < 4.78 is 5.53. The summed E-state index contributed by atoms with van der Waals surface area (Å²) in [5.74, 6) is 1.18. The van der Waals surface area contributed by atoms with Crippen molar-refractivity contribution in [2.24, 2.45) is 0 Å². The van der Waals surface area contributed by atoms with Crippen LogP contribution in [0.1, 0.15) is 36.2 Å². The van der Waals surface area contributed by atoms with Crippen molar-refractivity contribution in [1.82, 2.24) is 10.2 Å². The summed E-state index contributed by atoms with van der Waals surface area (Å²) in [5, 5.41) is 9.55. The number of nitrogens with zero attached hydrogens (tertiary/aromatic N) is 1. The first kappa shape index (κ1) is 14.1. The number of benzene rings is 1. The zero-order valence-corrected chi connectivity index (χ0v) is 11.8. The molecule has 1 aromatic carbocycles. The predicted molar refractivity (Wildman–Crippen MR) is 78.1 cm³/mol. The van der Waals surface area contributed by atoms with E-state index in [1.807, 2.05) is 26.0 Å². The molecule has 0 aliphatic rings. The second-order valence-electron chi connectivity index (χ2n) is 4.45. The summed E-state index contributed by atoms with van der Waals surface area (Å²) in [4.78, 5) is 12.2. The number of aromatic nitrogens is 2. The molecule has 20 heavy (non-hydrogen) atoms. The Morgan fingerprint density at radius 3 is 3.00 bits per heavy atom. The average Bonchev–Trinajstić information content (AvgIpc) is 2.92. The van der Waals surface area contributed by atoms with Gasteiger partial charge in [-0.25, -0.2) is 0 Å². The van der Waals surface area contributed by atoms with E-state index >= 15 is 0 Å². The van der Waals surface area contributed by atoms with Gasteiger partial charge in [-0.2, -0.15) is 5.10 Å². The van der Waals surface area contributed by atoms with Gasteiger partial charge in [-0.3, -0.25) is 9.89 Å². The lowest BCUT2D eigenvalue weighted by Gasteiger charge is -2.08. The Morgan fingerprint density at radius 1 is 1.40 bits per heavy atom. The zero-order chi connectivity index (χ0) is 14.4. The predicted octanol–water partition coefficient (Wildman–Crippen LogP) is 3.01. The molecular weight excluding hydrogens is 254 g/mol. The molecule has 1 heterocycles. The molecule has 0 saturated heterocycles. The van der Waals surface area contributed by atoms with Gasteiger partial charge in [0, 0.05) is 11.1 Å². The number of carbonyl (C=O) groups is 1. The van der Waals surface area contributed by atoms with Gasteiger partial charge in [0.1, 0.15) is 11.6 Å². The average molecular weight is 273 g/mol. The van der Waals surface area contributed by atoms with Crippen molar-refractivity contribution < 1.29 is 9.53 Å². The van der Waals surface area contributed by atoms with Crippen LogP contribution in [0.3, 0.4) is 0 Å². The van der Waals surface area contributed by atoms with Gasteiger partial charge in [-0.1, -0.05) is 19.9 Å². The molecular formula is C15H19N3O2. The van der Waals surface area contributed by atoms with E-state index in [2.05, 4.69) is 15.5 Å². The highest BCUT2D eigenvalue weighted by atomic mass is 16.5. The highest BCUT2D eigenvalue weighted by Gasteiger charge is 2.10. The van der Waals surface area contributed by atoms with Crippen LogP contribution in [-0.2, 0) is 6.42 Å². The lowest BCUT2D eigenvalue weighted by atomic mass is 10.2. The highest BCUT2D eigenvalue weighted by Crippen LogP contribution is 2.16.